The van der Waals surface area contributed by atoms with E-state index in [0.29, 0.717) is 0 Å². The quantitative estimate of drug-likeness (QED) is 0.409. The van der Waals surface area contributed by atoms with Gasteiger partial charge in [-0.1, -0.05) is 31.4 Å². The first-order valence-electron chi connectivity index (χ1n) is 8.72. The fraction of sp³-hybridized carbons (Fsp3) is 0.889. The molecule has 3 saturated carbocycles. The summed E-state index contributed by atoms with van der Waals surface area (Å²) in [6.07, 6.45) is 18.4. The average molecular weight is 258 g/mol. The van der Waals surface area contributed by atoms with Gasteiger partial charge in [0, 0.05) is 0 Å². The molecule has 104 valence electrons. The van der Waals surface area contributed by atoms with E-state index in [2.05, 4.69) is 12.2 Å². The smallest absolute Gasteiger partial charge is 0.0875 e. The molecule has 0 aromatic carbocycles. The van der Waals surface area contributed by atoms with Crippen LogP contribution in [0.25, 0.3) is 0 Å². The van der Waals surface area contributed by atoms with Crippen molar-refractivity contribution in [3.8, 4) is 0 Å². The Labute approximate surface area is 116 Å². The summed E-state index contributed by atoms with van der Waals surface area (Å²) in [6, 6.07) is 0. The molecular formula is C18H26O. The van der Waals surface area contributed by atoms with Gasteiger partial charge in [0.1, 0.15) is 0 Å². The van der Waals surface area contributed by atoms with E-state index in [1.165, 1.54) is 51.4 Å². The minimum absolute atomic E-state index is 0.722. The molecule has 8 atom stereocenters. The van der Waals surface area contributed by atoms with Crippen LogP contribution in [0.15, 0.2) is 12.2 Å². The van der Waals surface area contributed by atoms with Gasteiger partial charge in [-0.2, -0.15) is 0 Å². The highest BCUT2D eigenvalue weighted by molar-refractivity contribution is 5.11. The lowest BCUT2D eigenvalue weighted by molar-refractivity contribution is 0.244. The number of rotatable bonds is 5. The second kappa shape index (κ2) is 4.10. The van der Waals surface area contributed by atoms with Crippen LogP contribution >= 0.6 is 0 Å². The van der Waals surface area contributed by atoms with Crippen molar-refractivity contribution in [1.82, 2.24) is 0 Å². The number of epoxide rings is 1. The number of fused-ring (bicyclic) bond motifs is 7. The fourth-order valence-corrected chi connectivity index (χ4v) is 6.10. The monoisotopic (exact) mass is 258 g/mol. The van der Waals surface area contributed by atoms with E-state index in [1.807, 2.05) is 0 Å². The molecule has 19 heavy (non-hydrogen) atoms. The van der Waals surface area contributed by atoms with Crippen LogP contribution in [0.5, 0.6) is 0 Å². The Morgan fingerprint density at radius 2 is 1.74 bits per heavy atom. The predicted octanol–water partition coefficient (Wildman–Crippen LogP) is 4.18. The van der Waals surface area contributed by atoms with Crippen LogP contribution in [0.1, 0.15) is 51.4 Å². The first kappa shape index (κ1) is 11.4. The number of allylic oxidation sites excluding steroid dienone is 2. The number of hydrogen-bond donors (Lipinski definition) is 0. The van der Waals surface area contributed by atoms with Crippen LogP contribution in [-0.4, -0.2) is 12.2 Å². The van der Waals surface area contributed by atoms with Gasteiger partial charge in [0.15, 0.2) is 0 Å². The van der Waals surface area contributed by atoms with Crippen LogP contribution in [-0.2, 0) is 4.74 Å². The van der Waals surface area contributed by atoms with E-state index >= 15 is 0 Å². The lowest BCUT2D eigenvalue weighted by atomic mass is 9.83. The van der Waals surface area contributed by atoms with E-state index in [-0.39, 0.29) is 0 Å². The summed E-state index contributed by atoms with van der Waals surface area (Å²) in [4.78, 5) is 0. The van der Waals surface area contributed by atoms with Crippen LogP contribution in [0.2, 0.25) is 0 Å². The average Bonchev–Trinajstić information content (AvgIpc) is 2.82. The molecule has 0 aromatic heterocycles. The third-order valence-corrected chi connectivity index (χ3v) is 7.05. The summed E-state index contributed by atoms with van der Waals surface area (Å²) >= 11 is 0. The maximum Gasteiger partial charge on any atom is 0.0875 e. The van der Waals surface area contributed by atoms with Gasteiger partial charge in [0.25, 0.3) is 0 Å². The molecule has 0 amide bonds. The summed E-state index contributed by atoms with van der Waals surface area (Å²) in [5.41, 5.74) is 0. The van der Waals surface area contributed by atoms with Crippen molar-refractivity contribution in [2.75, 3.05) is 0 Å². The van der Waals surface area contributed by atoms with Crippen molar-refractivity contribution in [2.45, 2.75) is 63.6 Å². The van der Waals surface area contributed by atoms with Crippen molar-refractivity contribution in [3.05, 3.63) is 12.2 Å². The number of unbranched alkanes of at least 4 members (excludes halogenated alkanes) is 1. The van der Waals surface area contributed by atoms with Crippen molar-refractivity contribution in [2.24, 2.45) is 35.5 Å². The molecule has 5 rings (SSSR count). The van der Waals surface area contributed by atoms with Gasteiger partial charge in [0.2, 0.25) is 0 Å². The third kappa shape index (κ3) is 1.77. The lowest BCUT2D eigenvalue weighted by Crippen LogP contribution is -2.17. The van der Waals surface area contributed by atoms with Crippen molar-refractivity contribution < 1.29 is 4.74 Å². The molecular weight excluding hydrogens is 232 g/mol. The highest BCUT2D eigenvalue weighted by Gasteiger charge is 2.62. The zero-order valence-electron chi connectivity index (χ0n) is 11.8. The molecule has 1 heteroatoms. The topological polar surface area (TPSA) is 12.5 Å². The molecule has 0 N–H and O–H groups in total. The maximum atomic E-state index is 5.78. The largest absolute Gasteiger partial charge is 0.369 e. The van der Waals surface area contributed by atoms with Crippen LogP contribution in [0.3, 0.4) is 0 Å². The molecule has 1 saturated heterocycles. The van der Waals surface area contributed by atoms with E-state index in [4.69, 9.17) is 4.74 Å². The Morgan fingerprint density at radius 3 is 2.42 bits per heavy atom. The Balaban J connectivity index is 1.06. The molecule has 0 radical (unpaired) electrons. The van der Waals surface area contributed by atoms with Gasteiger partial charge in [0.05, 0.1) is 12.2 Å². The first-order chi connectivity index (χ1) is 9.38. The van der Waals surface area contributed by atoms with Gasteiger partial charge < -0.3 is 4.74 Å². The summed E-state index contributed by atoms with van der Waals surface area (Å²) in [5, 5.41) is 0. The lowest BCUT2D eigenvalue weighted by Gasteiger charge is -2.21. The summed E-state index contributed by atoms with van der Waals surface area (Å²) in [5.74, 6) is 5.95. The Bertz CT molecular complexity index is 400. The van der Waals surface area contributed by atoms with Gasteiger partial charge in [-0.3, -0.25) is 0 Å². The molecule has 4 fully saturated rings. The third-order valence-electron chi connectivity index (χ3n) is 7.05. The highest BCUT2D eigenvalue weighted by Crippen LogP contribution is 2.59. The minimum atomic E-state index is 0.722. The Morgan fingerprint density at radius 1 is 0.842 bits per heavy atom. The van der Waals surface area contributed by atoms with E-state index < -0.39 is 0 Å². The van der Waals surface area contributed by atoms with Gasteiger partial charge in [-0.25, -0.2) is 0 Å². The molecule has 0 aromatic rings. The van der Waals surface area contributed by atoms with Crippen LogP contribution < -0.4 is 0 Å². The predicted molar refractivity (Wildman–Crippen MR) is 75.7 cm³/mol. The van der Waals surface area contributed by atoms with Gasteiger partial charge in [-0.05, 0) is 67.6 Å². The second-order valence-corrected chi connectivity index (χ2v) is 8.05. The second-order valence-electron chi connectivity index (χ2n) is 8.05. The standard InChI is InChI=1S/C18H26O/c1(3-12-7-11-5-6-13(12)8-11)2-4-14-9-15-10-16(14)18-17(15)19-18/h5-6,11-18H,1-4,7-10H2. The summed E-state index contributed by atoms with van der Waals surface area (Å²) < 4.78 is 5.78. The van der Waals surface area contributed by atoms with Gasteiger partial charge in [-0.15, -0.1) is 0 Å². The summed E-state index contributed by atoms with van der Waals surface area (Å²) in [6.45, 7) is 0. The zero-order valence-corrected chi connectivity index (χ0v) is 11.8. The molecule has 0 spiro atoms. The molecule has 5 aliphatic rings. The number of hydrogen-bond acceptors (Lipinski definition) is 1. The summed E-state index contributed by atoms with van der Waals surface area (Å²) in [7, 11) is 0. The molecule has 4 bridgehead atoms. The van der Waals surface area contributed by atoms with Crippen molar-refractivity contribution in [3.63, 3.8) is 0 Å². The van der Waals surface area contributed by atoms with E-state index in [1.54, 1.807) is 0 Å². The molecule has 1 nitrogen and oxygen atoms in total. The Kier molecular flexibility index (Phi) is 2.45. The fourth-order valence-electron chi connectivity index (χ4n) is 6.10. The molecule has 8 unspecified atom stereocenters. The van der Waals surface area contributed by atoms with Crippen molar-refractivity contribution in [1.29, 1.82) is 0 Å². The zero-order chi connectivity index (χ0) is 12.4. The minimum Gasteiger partial charge on any atom is -0.369 e. The van der Waals surface area contributed by atoms with Crippen LogP contribution in [0, 0.1) is 35.5 Å². The van der Waals surface area contributed by atoms with E-state index in [0.717, 1.165) is 47.7 Å². The number of ether oxygens (including phenoxy) is 1. The first-order valence-corrected chi connectivity index (χ1v) is 8.72. The Hall–Kier alpha value is -0.300. The van der Waals surface area contributed by atoms with Gasteiger partial charge >= 0.3 is 0 Å². The SMILES string of the molecule is C1=CC2CC1CC2CCCCC1CC2CC1C1OC21. The van der Waals surface area contributed by atoms with Crippen LogP contribution in [0.4, 0.5) is 0 Å². The van der Waals surface area contributed by atoms with E-state index in [9.17, 15) is 0 Å². The highest BCUT2D eigenvalue weighted by atomic mass is 16.6. The molecule has 1 heterocycles. The molecule has 1 aliphatic heterocycles. The van der Waals surface area contributed by atoms with Crippen molar-refractivity contribution >= 4 is 0 Å². The molecule has 4 aliphatic carbocycles. The normalized spacial score (nSPS) is 56.0. The maximum absolute atomic E-state index is 5.78.